The number of hydrazone groups is 1. The average Bonchev–Trinajstić information content (AvgIpc) is 2.95. The van der Waals surface area contributed by atoms with Crippen LogP contribution in [-0.4, -0.2) is 28.0 Å². The smallest absolute Gasteiger partial charge is 0.224 e. The number of ether oxygens (including phenoxy) is 1. The highest BCUT2D eigenvalue weighted by molar-refractivity contribution is 14.1. The molecule has 0 aliphatic heterocycles. The molecule has 1 aromatic heterocycles. The molecule has 0 fully saturated rings. The number of aromatic hydroxyl groups is 1. The molecule has 0 unspecified atom stereocenters. The number of phenolic OH excluding ortho intramolecular Hbond substituents is 1. The Morgan fingerprint density at radius 3 is 2.92 bits per heavy atom. The standard InChI is InChI=1S/C17H17IN4O2/c1-3-22-14-7-5-4-6-13(14)20-17(22)21-19-10-11-8-12(18)16(23)15(9-11)24-2/h4-10,23H,3H2,1-2H3,(H,20,21)/b19-10-. The number of fused-ring (bicyclic) bond motifs is 1. The summed E-state index contributed by atoms with van der Waals surface area (Å²) in [6.07, 6.45) is 1.67. The average molecular weight is 436 g/mol. The van der Waals surface area contributed by atoms with Gasteiger partial charge in [0.25, 0.3) is 0 Å². The lowest BCUT2D eigenvalue weighted by Crippen LogP contribution is -2.02. The first-order valence-electron chi connectivity index (χ1n) is 7.45. The highest BCUT2D eigenvalue weighted by atomic mass is 127. The zero-order chi connectivity index (χ0) is 17.1. The normalized spacial score (nSPS) is 11.3. The molecule has 0 bridgehead atoms. The van der Waals surface area contributed by atoms with E-state index in [0.29, 0.717) is 15.3 Å². The SMILES string of the molecule is CCn1c(N/N=C\c2cc(I)c(O)c(OC)c2)nc2ccccc21. The van der Waals surface area contributed by atoms with Crippen LogP contribution in [-0.2, 0) is 6.54 Å². The fourth-order valence-electron chi connectivity index (χ4n) is 2.47. The van der Waals surface area contributed by atoms with Crippen molar-refractivity contribution < 1.29 is 9.84 Å². The molecular formula is C17H17IN4O2. The van der Waals surface area contributed by atoms with Crippen LogP contribution in [0.25, 0.3) is 11.0 Å². The lowest BCUT2D eigenvalue weighted by Gasteiger charge is -2.07. The van der Waals surface area contributed by atoms with Crippen molar-refractivity contribution in [3.63, 3.8) is 0 Å². The van der Waals surface area contributed by atoms with Gasteiger partial charge in [-0.2, -0.15) is 5.10 Å². The van der Waals surface area contributed by atoms with Crippen LogP contribution < -0.4 is 10.2 Å². The lowest BCUT2D eigenvalue weighted by molar-refractivity contribution is 0.371. The third-order valence-electron chi connectivity index (χ3n) is 3.62. The molecule has 0 amide bonds. The lowest BCUT2D eigenvalue weighted by atomic mass is 10.2. The van der Waals surface area contributed by atoms with E-state index in [9.17, 15) is 5.11 Å². The van der Waals surface area contributed by atoms with E-state index in [-0.39, 0.29) is 5.75 Å². The molecule has 24 heavy (non-hydrogen) atoms. The zero-order valence-corrected chi connectivity index (χ0v) is 15.5. The first-order valence-corrected chi connectivity index (χ1v) is 8.52. The molecule has 0 saturated carbocycles. The number of phenols is 1. The Morgan fingerprint density at radius 1 is 1.38 bits per heavy atom. The van der Waals surface area contributed by atoms with E-state index in [1.165, 1.54) is 7.11 Å². The van der Waals surface area contributed by atoms with E-state index < -0.39 is 0 Å². The molecule has 124 valence electrons. The summed E-state index contributed by atoms with van der Waals surface area (Å²) in [5, 5.41) is 14.1. The molecule has 6 nitrogen and oxygen atoms in total. The predicted octanol–water partition coefficient (Wildman–Crippen LogP) is 3.82. The summed E-state index contributed by atoms with van der Waals surface area (Å²) in [4.78, 5) is 4.55. The highest BCUT2D eigenvalue weighted by Gasteiger charge is 2.09. The molecule has 7 heteroatoms. The topological polar surface area (TPSA) is 71.7 Å². The third-order valence-corrected chi connectivity index (χ3v) is 4.44. The molecule has 2 N–H and O–H groups in total. The van der Waals surface area contributed by atoms with Crippen LogP contribution in [0.3, 0.4) is 0 Å². The van der Waals surface area contributed by atoms with Gasteiger partial charge in [0.15, 0.2) is 11.5 Å². The van der Waals surface area contributed by atoms with Gasteiger partial charge >= 0.3 is 0 Å². The van der Waals surface area contributed by atoms with Crippen molar-refractivity contribution in [3.05, 3.63) is 45.5 Å². The van der Waals surface area contributed by atoms with E-state index >= 15 is 0 Å². The number of benzene rings is 2. The monoisotopic (exact) mass is 436 g/mol. The van der Waals surface area contributed by atoms with Gasteiger partial charge in [-0.05, 0) is 59.3 Å². The van der Waals surface area contributed by atoms with Gasteiger partial charge in [-0.15, -0.1) is 0 Å². The Balaban J connectivity index is 1.86. The highest BCUT2D eigenvalue weighted by Crippen LogP contribution is 2.31. The molecule has 3 aromatic rings. The fourth-order valence-corrected chi connectivity index (χ4v) is 3.09. The van der Waals surface area contributed by atoms with E-state index in [1.54, 1.807) is 12.3 Å². The quantitative estimate of drug-likeness (QED) is 0.363. The maximum absolute atomic E-state index is 9.87. The van der Waals surface area contributed by atoms with Crippen LogP contribution in [0.4, 0.5) is 5.95 Å². The minimum absolute atomic E-state index is 0.135. The predicted molar refractivity (Wildman–Crippen MR) is 104 cm³/mol. The van der Waals surface area contributed by atoms with Crippen LogP contribution in [0.15, 0.2) is 41.5 Å². The second-order valence-corrected chi connectivity index (χ2v) is 6.25. The van der Waals surface area contributed by atoms with Gasteiger partial charge in [0, 0.05) is 6.54 Å². The van der Waals surface area contributed by atoms with E-state index in [1.807, 2.05) is 30.3 Å². The number of hydrogen-bond acceptors (Lipinski definition) is 5. The zero-order valence-electron chi connectivity index (χ0n) is 13.3. The molecule has 0 saturated heterocycles. The van der Waals surface area contributed by atoms with Crippen LogP contribution in [0.5, 0.6) is 11.5 Å². The Kier molecular flexibility index (Phi) is 4.89. The van der Waals surface area contributed by atoms with E-state index in [0.717, 1.165) is 23.1 Å². The van der Waals surface area contributed by atoms with Crippen molar-refractivity contribution in [1.82, 2.24) is 9.55 Å². The number of hydrogen-bond donors (Lipinski definition) is 2. The Labute approximate surface area is 153 Å². The van der Waals surface area contributed by atoms with E-state index in [2.05, 4.69) is 49.6 Å². The van der Waals surface area contributed by atoms with Crippen molar-refractivity contribution in [2.24, 2.45) is 5.10 Å². The second-order valence-electron chi connectivity index (χ2n) is 5.09. The number of nitrogens with one attached hydrogen (secondary N) is 1. The van der Waals surface area contributed by atoms with Gasteiger partial charge in [0.1, 0.15) is 0 Å². The largest absolute Gasteiger partial charge is 0.504 e. The molecule has 3 rings (SSSR count). The minimum Gasteiger partial charge on any atom is -0.504 e. The van der Waals surface area contributed by atoms with Crippen molar-refractivity contribution in [2.75, 3.05) is 12.5 Å². The first kappa shape index (κ1) is 16.6. The van der Waals surface area contributed by atoms with Gasteiger partial charge in [0.2, 0.25) is 5.95 Å². The summed E-state index contributed by atoms with van der Waals surface area (Å²) in [6, 6.07) is 11.5. The molecule has 0 aliphatic rings. The summed E-state index contributed by atoms with van der Waals surface area (Å²) in [6.45, 7) is 2.86. The van der Waals surface area contributed by atoms with Crippen molar-refractivity contribution in [1.29, 1.82) is 0 Å². The Hall–Kier alpha value is -2.29. The fraction of sp³-hybridized carbons (Fsp3) is 0.176. The van der Waals surface area contributed by atoms with Gasteiger partial charge in [-0.1, -0.05) is 12.1 Å². The number of aryl methyl sites for hydroxylation is 1. The summed E-state index contributed by atoms with van der Waals surface area (Å²) in [5.41, 5.74) is 5.81. The van der Waals surface area contributed by atoms with Crippen molar-refractivity contribution in [2.45, 2.75) is 13.5 Å². The van der Waals surface area contributed by atoms with Gasteiger partial charge < -0.3 is 14.4 Å². The molecule has 0 radical (unpaired) electrons. The number of para-hydroxylation sites is 2. The maximum atomic E-state index is 9.87. The maximum Gasteiger partial charge on any atom is 0.224 e. The Bertz CT molecular complexity index is 905. The van der Waals surface area contributed by atoms with E-state index in [4.69, 9.17) is 4.74 Å². The summed E-state index contributed by atoms with van der Waals surface area (Å²) < 4.78 is 7.92. The third kappa shape index (κ3) is 3.16. The number of aromatic nitrogens is 2. The van der Waals surface area contributed by atoms with Gasteiger partial charge in [-0.3, -0.25) is 0 Å². The number of halogens is 1. The molecule has 0 atom stereocenters. The van der Waals surface area contributed by atoms with Crippen LogP contribution in [0.1, 0.15) is 12.5 Å². The van der Waals surface area contributed by atoms with Gasteiger partial charge in [0.05, 0.1) is 27.9 Å². The number of methoxy groups -OCH3 is 1. The van der Waals surface area contributed by atoms with Crippen LogP contribution >= 0.6 is 22.6 Å². The summed E-state index contributed by atoms with van der Waals surface area (Å²) in [7, 11) is 1.52. The van der Waals surface area contributed by atoms with Crippen molar-refractivity contribution in [3.8, 4) is 11.5 Å². The van der Waals surface area contributed by atoms with Crippen LogP contribution in [0, 0.1) is 3.57 Å². The number of nitrogens with zero attached hydrogens (tertiary/aromatic N) is 3. The molecule has 2 aromatic carbocycles. The molecular weight excluding hydrogens is 419 g/mol. The molecule has 1 heterocycles. The number of rotatable bonds is 5. The van der Waals surface area contributed by atoms with Crippen molar-refractivity contribution >= 4 is 45.8 Å². The summed E-state index contributed by atoms with van der Waals surface area (Å²) >= 11 is 2.05. The summed E-state index contributed by atoms with van der Waals surface area (Å²) in [5.74, 6) is 1.25. The first-order chi connectivity index (χ1) is 11.6. The van der Waals surface area contributed by atoms with Crippen LogP contribution in [0.2, 0.25) is 0 Å². The number of imidazole rings is 1. The molecule has 0 aliphatic carbocycles. The molecule has 0 spiro atoms. The minimum atomic E-state index is 0.135. The number of anilines is 1. The second kappa shape index (κ2) is 7.08. The van der Waals surface area contributed by atoms with Gasteiger partial charge in [-0.25, -0.2) is 10.4 Å². The Morgan fingerprint density at radius 2 is 2.17 bits per heavy atom.